The van der Waals surface area contributed by atoms with Crippen LogP contribution in [0.3, 0.4) is 0 Å². The molecule has 146 valence electrons. The van der Waals surface area contributed by atoms with E-state index >= 15 is 0 Å². The number of halogens is 1. The molecule has 2 aromatic rings. The van der Waals surface area contributed by atoms with E-state index in [1.165, 1.54) is 0 Å². The van der Waals surface area contributed by atoms with E-state index in [9.17, 15) is 4.79 Å². The van der Waals surface area contributed by atoms with Crippen molar-refractivity contribution < 1.29 is 14.3 Å². The fraction of sp³-hybridized carbons (Fsp3) is 0.450. The van der Waals surface area contributed by atoms with Gasteiger partial charge in [0, 0.05) is 23.8 Å². The van der Waals surface area contributed by atoms with Crippen molar-refractivity contribution in [3.8, 4) is 11.6 Å². The first-order valence-corrected chi connectivity index (χ1v) is 9.32. The Labute approximate surface area is 165 Å². The van der Waals surface area contributed by atoms with Crippen molar-refractivity contribution in [1.29, 1.82) is 0 Å². The fourth-order valence-electron chi connectivity index (χ4n) is 2.45. The SMILES string of the molecule is COc1cc(/C=C(\CCCCl)C(=O)OC(C)(C)C)cnc1-n1cnc(C)c1. The zero-order valence-corrected chi connectivity index (χ0v) is 17.2. The Morgan fingerprint density at radius 3 is 2.63 bits per heavy atom. The van der Waals surface area contributed by atoms with Crippen molar-refractivity contribution >= 4 is 23.6 Å². The molecule has 0 saturated heterocycles. The highest BCUT2D eigenvalue weighted by molar-refractivity contribution is 6.17. The molecular formula is C20H26ClN3O3. The average Bonchev–Trinajstić information content (AvgIpc) is 3.03. The van der Waals surface area contributed by atoms with Crippen LogP contribution in [-0.4, -0.2) is 39.1 Å². The van der Waals surface area contributed by atoms with Crippen LogP contribution in [0.25, 0.3) is 11.9 Å². The summed E-state index contributed by atoms with van der Waals surface area (Å²) < 4.78 is 12.8. The van der Waals surface area contributed by atoms with Crippen molar-refractivity contribution in [1.82, 2.24) is 14.5 Å². The van der Waals surface area contributed by atoms with Gasteiger partial charge in [0.15, 0.2) is 11.6 Å². The standard InChI is InChI=1S/C20H26ClN3O3/c1-14-12-24(13-23-14)18-17(26-5)10-15(11-22-18)9-16(7-6-8-21)19(25)27-20(2,3)4/h9-13H,6-8H2,1-5H3/b16-9+. The van der Waals surface area contributed by atoms with E-state index < -0.39 is 5.60 Å². The van der Waals surface area contributed by atoms with E-state index in [-0.39, 0.29) is 5.97 Å². The zero-order valence-electron chi connectivity index (χ0n) is 16.5. The van der Waals surface area contributed by atoms with Gasteiger partial charge in [-0.25, -0.2) is 14.8 Å². The van der Waals surface area contributed by atoms with Crippen LogP contribution in [0.15, 0.2) is 30.4 Å². The molecular weight excluding hydrogens is 366 g/mol. The van der Waals surface area contributed by atoms with E-state index in [1.807, 2.05) is 40.0 Å². The van der Waals surface area contributed by atoms with Crippen molar-refractivity contribution in [2.24, 2.45) is 0 Å². The number of alkyl halides is 1. The largest absolute Gasteiger partial charge is 0.493 e. The molecule has 2 rings (SSSR count). The second kappa shape index (κ2) is 9.04. The molecule has 27 heavy (non-hydrogen) atoms. The van der Waals surface area contributed by atoms with Gasteiger partial charge in [-0.1, -0.05) is 0 Å². The fourth-order valence-corrected chi connectivity index (χ4v) is 2.58. The summed E-state index contributed by atoms with van der Waals surface area (Å²) in [6.45, 7) is 7.44. The van der Waals surface area contributed by atoms with Crippen LogP contribution >= 0.6 is 11.6 Å². The molecule has 7 heteroatoms. The van der Waals surface area contributed by atoms with Crippen LogP contribution < -0.4 is 4.74 Å². The third kappa shape index (κ3) is 6.10. The number of aryl methyl sites for hydroxylation is 1. The number of rotatable bonds is 7. The molecule has 0 amide bonds. The summed E-state index contributed by atoms with van der Waals surface area (Å²) in [4.78, 5) is 21.2. The van der Waals surface area contributed by atoms with Crippen LogP contribution in [-0.2, 0) is 9.53 Å². The van der Waals surface area contributed by atoms with Crippen molar-refractivity contribution in [3.63, 3.8) is 0 Å². The van der Waals surface area contributed by atoms with Crippen molar-refractivity contribution in [2.75, 3.05) is 13.0 Å². The third-order valence-corrected chi connectivity index (χ3v) is 3.88. The molecule has 0 bridgehead atoms. The maximum absolute atomic E-state index is 12.5. The lowest BCUT2D eigenvalue weighted by Crippen LogP contribution is -2.25. The molecule has 0 unspecified atom stereocenters. The summed E-state index contributed by atoms with van der Waals surface area (Å²) in [5, 5.41) is 0. The predicted octanol–water partition coefficient (Wildman–Crippen LogP) is 4.33. The van der Waals surface area contributed by atoms with Gasteiger partial charge >= 0.3 is 5.97 Å². The Bertz CT molecular complexity index is 822. The molecule has 0 atom stereocenters. The minimum atomic E-state index is -0.559. The van der Waals surface area contributed by atoms with Crippen LogP contribution in [0.5, 0.6) is 5.75 Å². The maximum atomic E-state index is 12.5. The highest BCUT2D eigenvalue weighted by atomic mass is 35.5. The molecule has 0 aliphatic rings. The van der Waals surface area contributed by atoms with Gasteiger partial charge < -0.3 is 9.47 Å². The number of methoxy groups -OCH3 is 1. The van der Waals surface area contributed by atoms with Gasteiger partial charge in [-0.05, 0) is 58.2 Å². The highest BCUT2D eigenvalue weighted by Gasteiger charge is 2.20. The molecule has 0 spiro atoms. The van der Waals surface area contributed by atoms with Gasteiger partial charge in [0.2, 0.25) is 0 Å². The number of carbonyl (C=O) groups is 1. The summed E-state index contributed by atoms with van der Waals surface area (Å²) >= 11 is 5.80. The first-order chi connectivity index (χ1) is 12.7. The molecule has 0 fully saturated rings. The lowest BCUT2D eigenvalue weighted by atomic mass is 10.1. The number of esters is 1. The van der Waals surface area contributed by atoms with Crippen LogP contribution in [0.1, 0.15) is 44.9 Å². The number of ether oxygens (including phenoxy) is 2. The summed E-state index contributed by atoms with van der Waals surface area (Å²) in [6.07, 6.45) is 8.24. The number of carbonyl (C=O) groups excluding carboxylic acids is 1. The summed E-state index contributed by atoms with van der Waals surface area (Å²) in [5.74, 6) is 1.35. The van der Waals surface area contributed by atoms with E-state index in [0.717, 1.165) is 11.3 Å². The Hall–Kier alpha value is -2.34. The van der Waals surface area contributed by atoms with E-state index in [2.05, 4.69) is 9.97 Å². The monoisotopic (exact) mass is 391 g/mol. The molecule has 0 radical (unpaired) electrons. The lowest BCUT2D eigenvalue weighted by molar-refractivity contribution is -0.149. The maximum Gasteiger partial charge on any atom is 0.334 e. The average molecular weight is 392 g/mol. The summed E-state index contributed by atoms with van der Waals surface area (Å²) in [7, 11) is 1.58. The lowest BCUT2D eigenvalue weighted by Gasteiger charge is -2.20. The quantitative estimate of drug-likeness (QED) is 0.399. The Kier molecular flexibility index (Phi) is 7.02. The minimum Gasteiger partial charge on any atom is -0.493 e. The smallest absolute Gasteiger partial charge is 0.334 e. The van der Waals surface area contributed by atoms with Gasteiger partial charge in [-0.2, -0.15) is 0 Å². The highest BCUT2D eigenvalue weighted by Crippen LogP contribution is 2.24. The zero-order chi connectivity index (χ0) is 20.0. The topological polar surface area (TPSA) is 66.2 Å². The summed E-state index contributed by atoms with van der Waals surface area (Å²) in [5.41, 5.74) is 1.63. The molecule has 2 heterocycles. The van der Waals surface area contributed by atoms with Gasteiger partial charge in [0.1, 0.15) is 11.9 Å². The predicted molar refractivity (Wildman–Crippen MR) is 106 cm³/mol. The third-order valence-electron chi connectivity index (χ3n) is 3.61. The molecule has 0 aromatic carbocycles. The number of hydrogen-bond acceptors (Lipinski definition) is 5. The molecule has 6 nitrogen and oxygen atoms in total. The molecule has 2 aromatic heterocycles. The van der Waals surface area contributed by atoms with Crippen LogP contribution in [0, 0.1) is 6.92 Å². The van der Waals surface area contributed by atoms with E-state index in [1.54, 1.807) is 30.3 Å². The molecule has 0 saturated carbocycles. The van der Waals surface area contributed by atoms with Gasteiger partial charge in [-0.15, -0.1) is 11.6 Å². The number of pyridine rings is 1. The van der Waals surface area contributed by atoms with Crippen molar-refractivity contribution in [2.45, 2.75) is 46.1 Å². The van der Waals surface area contributed by atoms with Gasteiger partial charge in [0.25, 0.3) is 0 Å². The van der Waals surface area contributed by atoms with E-state index in [4.69, 9.17) is 21.1 Å². The van der Waals surface area contributed by atoms with Gasteiger partial charge in [-0.3, -0.25) is 4.57 Å². The number of imidazole rings is 1. The normalized spacial score (nSPS) is 12.1. The molecule has 0 aliphatic heterocycles. The Morgan fingerprint density at radius 2 is 2.07 bits per heavy atom. The van der Waals surface area contributed by atoms with Crippen LogP contribution in [0.4, 0.5) is 0 Å². The van der Waals surface area contributed by atoms with Crippen molar-refractivity contribution in [3.05, 3.63) is 41.6 Å². The Morgan fingerprint density at radius 1 is 1.33 bits per heavy atom. The second-order valence-corrected chi connectivity index (χ2v) is 7.56. The first-order valence-electron chi connectivity index (χ1n) is 8.78. The number of aromatic nitrogens is 3. The van der Waals surface area contributed by atoms with E-state index in [0.29, 0.717) is 35.9 Å². The first kappa shape index (κ1) is 21.0. The van der Waals surface area contributed by atoms with Gasteiger partial charge in [0.05, 0.1) is 12.8 Å². The second-order valence-electron chi connectivity index (χ2n) is 7.18. The Balaban J connectivity index is 2.36. The van der Waals surface area contributed by atoms with Crippen LogP contribution in [0.2, 0.25) is 0 Å². The molecule has 0 N–H and O–H groups in total. The summed E-state index contributed by atoms with van der Waals surface area (Å²) in [6, 6.07) is 1.84. The number of nitrogens with zero attached hydrogens (tertiary/aromatic N) is 3. The minimum absolute atomic E-state index is 0.346. The molecule has 0 aliphatic carbocycles. The number of hydrogen-bond donors (Lipinski definition) is 0.